The van der Waals surface area contributed by atoms with Crippen LogP contribution in [-0.4, -0.2) is 27.3 Å². The zero-order valence-corrected chi connectivity index (χ0v) is 14.5. The van der Waals surface area contributed by atoms with E-state index in [1.807, 2.05) is 13.0 Å². The summed E-state index contributed by atoms with van der Waals surface area (Å²) < 4.78 is 13.7. The van der Waals surface area contributed by atoms with Crippen molar-refractivity contribution in [2.24, 2.45) is 0 Å². The molecule has 0 aliphatic rings. The minimum Gasteiger partial charge on any atom is -0.335 e. The van der Waals surface area contributed by atoms with E-state index in [0.29, 0.717) is 35.3 Å². The average Bonchev–Trinajstić information content (AvgIpc) is 2.65. The van der Waals surface area contributed by atoms with Gasteiger partial charge in [0.05, 0.1) is 17.4 Å². The van der Waals surface area contributed by atoms with Crippen LogP contribution in [0.5, 0.6) is 0 Å². The summed E-state index contributed by atoms with van der Waals surface area (Å²) >= 11 is 0. The second-order valence-electron chi connectivity index (χ2n) is 6.03. The van der Waals surface area contributed by atoms with Gasteiger partial charge in [-0.25, -0.2) is 9.37 Å². The molecule has 0 aliphatic heterocycles. The predicted octanol–water partition coefficient (Wildman–Crippen LogP) is 3.04. The Morgan fingerprint density at radius 2 is 1.88 bits per heavy atom. The molecule has 0 saturated carbocycles. The van der Waals surface area contributed by atoms with E-state index in [1.54, 1.807) is 41.3 Å². The molecule has 1 amide bonds. The van der Waals surface area contributed by atoms with Crippen LogP contribution in [0.25, 0.3) is 10.9 Å². The molecule has 1 heterocycles. The van der Waals surface area contributed by atoms with Crippen molar-refractivity contribution in [2.45, 2.75) is 26.3 Å². The minimum absolute atomic E-state index is 0.105. The first-order valence-corrected chi connectivity index (χ1v) is 8.57. The van der Waals surface area contributed by atoms with E-state index >= 15 is 0 Å². The second-order valence-corrected chi connectivity index (χ2v) is 6.03. The lowest BCUT2D eigenvalue weighted by Gasteiger charge is -2.20. The summed E-state index contributed by atoms with van der Waals surface area (Å²) in [6, 6.07) is 13.5. The number of nitrogens with one attached hydrogen (secondary N) is 1. The Morgan fingerprint density at radius 3 is 2.65 bits per heavy atom. The lowest BCUT2D eigenvalue weighted by molar-refractivity contribution is -0.131. The number of nitrogens with zero attached hydrogens (tertiary/aromatic N) is 2. The van der Waals surface area contributed by atoms with E-state index in [1.165, 1.54) is 6.07 Å². The van der Waals surface area contributed by atoms with Gasteiger partial charge in [0, 0.05) is 13.0 Å². The number of aromatic amines is 1. The third-order valence-electron chi connectivity index (χ3n) is 4.30. The quantitative estimate of drug-likeness (QED) is 0.741. The summed E-state index contributed by atoms with van der Waals surface area (Å²) in [5.74, 6) is 0.0326. The monoisotopic (exact) mass is 353 g/mol. The van der Waals surface area contributed by atoms with Crippen LogP contribution in [0.15, 0.2) is 53.3 Å². The van der Waals surface area contributed by atoms with E-state index in [2.05, 4.69) is 9.97 Å². The highest BCUT2D eigenvalue weighted by Crippen LogP contribution is 2.12. The van der Waals surface area contributed by atoms with Crippen LogP contribution < -0.4 is 5.56 Å². The molecule has 1 aromatic heterocycles. The van der Waals surface area contributed by atoms with E-state index in [4.69, 9.17) is 0 Å². The van der Waals surface area contributed by atoms with Gasteiger partial charge in [0.2, 0.25) is 5.91 Å². The van der Waals surface area contributed by atoms with E-state index in [9.17, 15) is 14.0 Å². The van der Waals surface area contributed by atoms with Crippen molar-refractivity contribution in [3.8, 4) is 0 Å². The normalized spacial score (nSPS) is 10.8. The van der Waals surface area contributed by atoms with E-state index in [-0.39, 0.29) is 30.2 Å². The zero-order valence-electron chi connectivity index (χ0n) is 14.5. The van der Waals surface area contributed by atoms with Crippen LogP contribution in [0, 0.1) is 5.82 Å². The number of carbonyl (C=O) groups excluding carboxylic acids is 1. The Bertz CT molecular complexity index is 984. The first-order valence-electron chi connectivity index (χ1n) is 8.57. The number of benzene rings is 2. The molecule has 0 spiro atoms. The largest absolute Gasteiger partial charge is 0.335 e. The maximum absolute atomic E-state index is 13.7. The molecule has 6 heteroatoms. The number of hydrogen-bond acceptors (Lipinski definition) is 3. The van der Waals surface area contributed by atoms with Crippen LogP contribution in [0.1, 0.15) is 24.7 Å². The maximum atomic E-state index is 13.7. The summed E-state index contributed by atoms with van der Waals surface area (Å²) in [6.07, 6.45) is 0.538. The number of aryl methyl sites for hydroxylation is 1. The Labute approximate surface area is 150 Å². The fraction of sp³-hybridized carbons (Fsp3) is 0.250. The minimum atomic E-state index is -0.302. The number of amides is 1. The number of H-pyrrole nitrogens is 1. The van der Waals surface area contributed by atoms with Crippen molar-refractivity contribution in [3.63, 3.8) is 0 Å². The molecule has 2 aromatic carbocycles. The highest BCUT2D eigenvalue weighted by Gasteiger charge is 2.15. The number of carbonyl (C=O) groups is 1. The summed E-state index contributed by atoms with van der Waals surface area (Å²) in [5.41, 5.74) is 0.899. The molecule has 0 unspecified atom stereocenters. The molecule has 0 saturated heterocycles. The highest BCUT2D eigenvalue weighted by molar-refractivity contribution is 5.78. The lowest BCUT2D eigenvalue weighted by atomic mass is 10.1. The van der Waals surface area contributed by atoms with Gasteiger partial charge in [-0.05, 0) is 37.1 Å². The van der Waals surface area contributed by atoms with Gasteiger partial charge in [-0.2, -0.15) is 0 Å². The van der Waals surface area contributed by atoms with Gasteiger partial charge in [-0.15, -0.1) is 0 Å². The van der Waals surface area contributed by atoms with Gasteiger partial charge >= 0.3 is 0 Å². The van der Waals surface area contributed by atoms with Crippen molar-refractivity contribution >= 4 is 16.8 Å². The van der Waals surface area contributed by atoms with Gasteiger partial charge in [0.1, 0.15) is 11.6 Å². The molecule has 0 bridgehead atoms. The fourth-order valence-electron chi connectivity index (χ4n) is 2.87. The van der Waals surface area contributed by atoms with Gasteiger partial charge in [-0.1, -0.05) is 30.3 Å². The molecule has 5 nitrogen and oxygen atoms in total. The zero-order chi connectivity index (χ0) is 18.5. The van der Waals surface area contributed by atoms with Crippen molar-refractivity contribution in [1.29, 1.82) is 0 Å². The van der Waals surface area contributed by atoms with Gasteiger partial charge in [0.15, 0.2) is 0 Å². The van der Waals surface area contributed by atoms with Crippen LogP contribution in [0.3, 0.4) is 0 Å². The summed E-state index contributed by atoms with van der Waals surface area (Å²) in [7, 11) is 0. The van der Waals surface area contributed by atoms with Crippen LogP contribution in [0.4, 0.5) is 4.39 Å². The number of para-hydroxylation sites is 1. The van der Waals surface area contributed by atoms with Crippen LogP contribution in [0.2, 0.25) is 0 Å². The smallest absolute Gasteiger partial charge is 0.258 e. The Balaban J connectivity index is 1.72. The van der Waals surface area contributed by atoms with Gasteiger partial charge in [0.25, 0.3) is 5.56 Å². The van der Waals surface area contributed by atoms with E-state index in [0.717, 1.165) is 0 Å². The average molecular weight is 353 g/mol. The Hall–Kier alpha value is -3.02. The summed E-state index contributed by atoms with van der Waals surface area (Å²) in [4.78, 5) is 33.4. The number of fused-ring (bicyclic) bond motifs is 1. The van der Waals surface area contributed by atoms with Crippen molar-refractivity contribution in [1.82, 2.24) is 14.9 Å². The third kappa shape index (κ3) is 3.96. The number of aromatic nitrogens is 2. The Morgan fingerprint density at radius 1 is 1.15 bits per heavy atom. The highest BCUT2D eigenvalue weighted by atomic mass is 19.1. The third-order valence-corrected chi connectivity index (χ3v) is 4.30. The van der Waals surface area contributed by atoms with Gasteiger partial charge < -0.3 is 9.88 Å². The Kier molecular flexibility index (Phi) is 5.41. The van der Waals surface area contributed by atoms with Crippen molar-refractivity contribution in [3.05, 3.63) is 76.1 Å². The first-order chi connectivity index (χ1) is 12.6. The number of halogens is 1. The van der Waals surface area contributed by atoms with Crippen LogP contribution >= 0.6 is 0 Å². The summed E-state index contributed by atoms with van der Waals surface area (Å²) in [6.45, 7) is 2.56. The van der Waals surface area contributed by atoms with Gasteiger partial charge in [-0.3, -0.25) is 9.59 Å². The number of hydrogen-bond donors (Lipinski definition) is 1. The van der Waals surface area contributed by atoms with Crippen molar-refractivity contribution in [2.75, 3.05) is 6.54 Å². The standard InChI is InChI=1S/C20H20FN3O2/c1-2-24(19(25)12-11-14-7-3-5-9-16(14)21)13-18-22-17-10-6-4-8-15(17)20(26)23-18/h3-10H,2,11-13H2,1H3,(H,22,23,26). The van der Waals surface area contributed by atoms with Crippen LogP contribution in [-0.2, 0) is 17.8 Å². The molecule has 3 rings (SSSR count). The van der Waals surface area contributed by atoms with Crippen molar-refractivity contribution < 1.29 is 9.18 Å². The molecular weight excluding hydrogens is 333 g/mol. The molecule has 0 atom stereocenters. The molecule has 3 aromatic rings. The maximum Gasteiger partial charge on any atom is 0.258 e. The predicted molar refractivity (Wildman–Crippen MR) is 98.2 cm³/mol. The first kappa shape index (κ1) is 17.8. The molecule has 1 N–H and O–H groups in total. The molecule has 134 valence electrons. The second kappa shape index (κ2) is 7.91. The topological polar surface area (TPSA) is 66.1 Å². The molecule has 0 fully saturated rings. The fourth-order valence-corrected chi connectivity index (χ4v) is 2.87. The molecule has 26 heavy (non-hydrogen) atoms. The summed E-state index contributed by atoms with van der Waals surface area (Å²) in [5, 5.41) is 0.519. The number of rotatable bonds is 6. The SMILES string of the molecule is CCN(Cc1nc2ccccc2c(=O)[nH]1)C(=O)CCc1ccccc1F. The molecular formula is C20H20FN3O2. The van der Waals surface area contributed by atoms with E-state index < -0.39 is 0 Å². The molecule has 0 radical (unpaired) electrons. The molecule has 0 aliphatic carbocycles. The lowest BCUT2D eigenvalue weighted by Crippen LogP contribution is -2.32.